The molecule has 140 valence electrons. The zero-order valence-electron chi connectivity index (χ0n) is 14.2. The van der Waals surface area contributed by atoms with Crippen molar-refractivity contribution in [3.8, 4) is 5.75 Å². The van der Waals surface area contributed by atoms with E-state index in [1.54, 1.807) is 17.2 Å². The number of thiazole rings is 1. The summed E-state index contributed by atoms with van der Waals surface area (Å²) in [5, 5.41) is 3.62. The van der Waals surface area contributed by atoms with Crippen molar-refractivity contribution < 1.29 is 14.3 Å². The fourth-order valence-corrected chi connectivity index (χ4v) is 3.75. The van der Waals surface area contributed by atoms with E-state index in [-0.39, 0.29) is 12.7 Å². The number of hydrogen-bond acceptors (Lipinski definition) is 5. The van der Waals surface area contributed by atoms with E-state index in [1.807, 2.05) is 17.5 Å². The molecule has 1 aliphatic heterocycles. The van der Waals surface area contributed by atoms with E-state index < -0.39 is 0 Å². The molecule has 0 saturated carbocycles. The van der Waals surface area contributed by atoms with E-state index in [9.17, 15) is 4.79 Å². The molecule has 1 aromatic carbocycles. The van der Waals surface area contributed by atoms with Crippen LogP contribution in [0.25, 0.3) is 0 Å². The van der Waals surface area contributed by atoms with Crippen LogP contribution in [0.2, 0.25) is 10.0 Å². The quantitative estimate of drug-likeness (QED) is 0.645. The van der Waals surface area contributed by atoms with Crippen molar-refractivity contribution in [1.82, 2.24) is 9.88 Å². The maximum absolute atomic E-state index is 12.1. The molecule has 1 aliphatic rings. The molecule has 1 aromatic heterocycles. The molecular formula is C18H20Cl2N2O3S. The molecule has 5 nitrogen and oxygen atoms in total. The molecule has 0 spiro atoms. The van der Waals surface area contributed by atoms with Crippen LogP contribution in [0.1, 0.15) is 24.3 Å². The van der Waals surface area contributed by atoms with Crippen LogP contribution in [0.15, 0.2) is 29.8 Å². The van der Waals surface area contributed by atoms with Gasteiger partial charge >= 0.3 is 6.09 Å². The number of aromatic nitrogens is 1. The Morgan fingerprint density at radius 1 is 1.31 bits per heavy atom. The summed E-state index contributed by atoms with van der Waals surface area (Å²) in [5.74, 6) is 1.14. The molecule has 2 aromatic rings. The molecular weight excluding hydrogens is 395 g/mol. The number of benzene rings is 1. The van der Waals surface area contributed by atoms with Gasteiger partial charge in [-0.1, -0.05) is 29.3 Å². The molecule has 8 heteroatoms. The van der Waals surface area contributed by atoms with E-state index in [2.05, 4.69) is 4.98 Å². The fraction of sp³-hybridized carbons (Fsp3) is 0.444. The molecule has 1 amide bonds. The third-order valence-electron chi connectivity index (χ3n) is 4.38. The van der Waals surface area contributed by atoms with Crippen LogP contribution in [0.4, 0.5) is 4.79 Å². The lowest BCUT2D eigenvalue weighted by Gasteiger charge is -2.31. The average molecular weight is 415 g/mol. The number of likely N-dealkylation sites (tertiary alicyclic amines) is 1. The second-order valence-corrected chi connectivity index (χ2v) is 7.86. The molecule has 1 fully saturated rings. The number of carbonyl (C=O) groups is 1. The Balaban J connectivity index is 1.35. The maximum atomic E-state index is 12.1. The van der Waals surface area contributed by atoms with Crippen molar-refractivity contribution in [2.24, 2.45) is 5.92 Å². The van der Waals surface area contributed by atoms with Gasteiger partial charge in [0.1, 0.15) is 22.4 Å². The van der Waals surface area contributed by atoms with E-state index in [0.717, 1.165) is 24.3 Å². The van der Waals surface area contributed by atoms with Crippen LogP contribution in [-0.4, -0.2) is 35.7 Å². The Kier molecular flexibility index (Phi) is 7.00. The van der Waals surface area contributed by atoms with Crippen LogP contribution in [0, 0.1) is 5.92 Å². The van der Waals surface area contributed by atoms with Crippen LogP contribution in [0.3, 0.4) is 0 Å². The molecule has 26 heavy (non-hydrogen) atoms. The van der Waals surface area contributed by atoms with Crippen LogP contribution < -0.4 is 4.74 Å². The van der Waals surface area contributed by atoms with E-state index in [1.165, 1.54) is 11.3 Å². The highest BCUT2D eigenvalue weighted by molar-refractivity contribution is 7.09. The number of nitrogens with zero attached hydrogens (tertiary/aromatic N) is 2. The summed E-state index contributed by atoms with van der Waals surface area (Å²) in [5.41, 5.74) is 0. The molecule has 0 unspecified atom stereocenters. The third kappa shape index (κ3) is 5.25. The summed E-state index contributed by atoms with van der Waals surface area (Å²) in [6.45, 7) is 2.24. The lowest BCUT2D eigenvalue weighted by Crippen LogP contribution is -2.39. The standard InChI is InChI=1S/C18H20Cl2N2O3S/c19-14-2-1-3-15(17(14)20)24-10-6-13-4-8-22(9-5-13)18(23)25-12-16-21-7-11-26-16/h1-3,7,11,13H,4-6,8-10,12H2. The Morgan fingerprint density at radius 2 is 2.12 bits per heavy atom. The molecule has 0 aliphatic carbocycles. The van der Waals surface area contributed by atoms with Crippen molar-refractivity contribution in [1.29, 1.82) is 0 Å². The topological polar surface area (TPSA) is 51.7 Å². The highest BCUT2D eigenvalue weighted by atomic mass is 35.5. The first-order chi connectivity index (χ1) is 12.6. The second kappa shape index (κ2) is 9.44. The minimum absolute atomic E-state index is 0.241. The molecule has 3 rings (SSSR count). The number of piperidine rings is 1. The maximum Gasteiger partial charge on any atom is 0.410 e. The van der Waals surface area contributed by atoms with Crippen LogP contribution in [-0.2, 0) is 11.3 Å². The molecule has 0 N–H and O–H groups in total. The van der Waals surface area contributed by atoms with Crippen molar-refractivity contribution in [2.45, 2.75) is 25.9 Å². The number of carbonyl (C=O) groups excluding carboxylic acids is 1. The molecule has 1 saturated heterocycles. The summed E-state index contributed by atoms with van der Waals surface area (Å²) < 4.78 is 11.1. The van der Waals surface area contributed by atoms with Crippen molar-refractivity contribution in [2.75, 3.05) is 19.7 Å². The van der Waals surface area contributed by atoms with Gasteiger partial charge in [-0.3, -0.25) is 0 Å². The van der Waals surface area contributed by atoms with Crippen LogP contribution in [0.5, 0.6) is 5.75 Å². The Labute approximate surface area is 166 Å². The van der Waals surface area contributed by atoms with Crippen molar-refractivity contribution >= 4 is 40.6 Å². The lowest BCUT2D eigenvalue weighted by atomic mass is 9.94. The number of ether oxygens (including phenoxy) is 2. The smallest absolute Gasteiger partial charge is 0.410 e. The van der Waals surface area contributed by atoms with Gasteiger partial charge in [-0.2, -0.15) is 0 Å². The van der Waals surface area contributed by atoms with Gasteiger partial charge in [0.15, 0.2) is 0 Å². The van der Waals surface area contributed by atoms with Gasteiger partial charge in [-0.15, -0.1) is 11.3 Å². The third-order valence-corrected chi connectivity index (χ3v) is 5.93. The summed E-state index contributed by atoms with van der Waals surface area (Å²) >= 11 is 13.6. The summed E-state index contributed by atoms with van der Waals surface area (Å²) in [4.78, 5) is 18.0. The first-order valence-electron chi connectivity index (χ1n) is 8.50. The van der Waals surface area contributed by atoms with Crippen molar-refractivity contribution in [3.63, 3.8) is 0 Å². The van der Waals surface area contributed by atoms with E-state index in [4.69, 9.17) is 32.7 Å². The van der Waals surface area contributed by atoms with E-state index in [0.29, 0.717) is 41.4 Å². The minimum Gasteiger partial charge on any atom is -0.492 e. The van der Waals surface area contributed by atoms with Gasteiger partial charge in [0.05, 0.1) is 11.6 Å². The predicted octanol–water partition coefficient (Wildman–Crippen LogP) is 5.27. The minimum atomic E-state index is -0.263. The van der Waals surface area contributed by atoms with Gasteiger partial charge < -0.3 is 14.4 Å². The number of hydrogen-bond donors (Lipinski definition) is 0. The zero-order valence-corrected chi connectivity index (χ0v) is 16.5. The van der Waals surface area contributed by atoms with Gasteiger partial charge in [-0.25, -0.2) is 9.78 Å². The summed E-state index contributed by atoms with van der Waals surface area (Å²) in [7, 11) is 0. The lowest BCUT2D eigenvalue weighted by molar-refractivity contribution is 0.0799. The molecule has 0 atom stereocenters. The summed E-state index contributed by atoms with van der Waals surface area (Å²) in [6, 6.07) is 5.37. The SMILES string of the molecule is O=C(OCc1nccs1)N1CCC(CCOc2cccc(Cl)c2Cl)CC1. The van der Waals surface area contributed by atoms with Gasteiger partial charge in [0, 0.05) is 24.7 Å². The van der Waals surface area contributed by atoms with Gasteiger partial charge in [0.2, 0.25) is 0 Å². The number of amides is 1. The Hall–Kier alpha value is -1.50. The molecule has 0 radical (unpaired) electrons. The fourth-order valence-electron chi connectivity index (χ4n) is 2.87. The first kappa shape index (κ1) is 19.3. The van der Waals surface area contributed by atoms with Crippen LogP contribution >= 0.6 is 34.5 Å². The van der Waals surface area contributed by atoms with Gasteiger partial charge in [-0.05, 0) is 37.3 Å². The predicted molar refractivity (Wildman–Crippen MR) is 103 cm³/mol. The highest BCUT2D eigenvalue weighted by Gasteiger charge is 2.24. The van der Waals surface area contributed by atoms with E-state index >= 15 is 0 Å². The molecule has 2 heterocycles. The summed E-state index contributed by atoms with van der Waals surface area (Å²) in [6.07, 6.45) is 4.25. The zero-order chi connectivity index (χ0) is 18.4. The number of rotatable bonds is 6. The molecule has 0 bridgehead atoms. The Bertz CT molecular complexity index is 719. The van der Waals surface area contributed by atoms with Gasteiger partial charge in [0.25, 0.3) is 0 Å². The van der Waals surface area contributed by atoms with Crippen molar-refractivity contribution in [3.05, 3.63) is 44.8 Å². The monoisotopic (exact) mass is 414 g/mol. The highest BCUT2D eigenvalue weighted by Crippen LogP contribution is 2.32. The average Bonchev–Trinajstić information content (AvgIpc) is 3.17. The number of halogens is 2. The first-order valence-corrected chi connectivity index (χ1v) is 10.1. The second-order valence-electron chi connectivity index (χ2n) is 6.10. The largest absolute Gasteiger partial charge is 0.492 e. The normalized spacial score (nSPS) is 15.1. The Morgan fingerprint density at radius 3 is 2.85 bits per heavy atom.